The van der Waals surface area contributed by atoms with E-state index >= 15 is 0 Å². The predicted octanol–water partition coefficient (Wildman–Crippen LogP) is 3.41. The maximum absolute atomic E-state index is 12.4. The highest BCUT2D eigenvalue weighted by molar-refractivity contribution is 9.10. The zero-order valence-electron chi connectivity index (χ0n) is 12.7. The minimum Gasteiger partial charge on any atom is -0.496 e. The summed E-state index contributed by atoms with van der Waals surface area (Å²) in [5.74, 6) is 0.921. The minimum atomic E-state index is -0.00837. The van der Waals surface area contributed by atoms with Crippen molar-refractivity contribution in [3.63, 3.8) is 0 Å². The van der Waals surface area contributed by atoms with Gasteiger partial charge in [-0.3, -0.25) is 4.79 Å². The first-order chi connectivity index (χ1) is 11.7. The van der Waals surface area contributed by atoms with Crippen LogP contribution in [0.4, 0.5) is 0 Å². The van der Waals surface area contributed by atoms with Crippen molar-refractivity contribution in [1.29, 1.82) is 0 Å². The average Bonchev–Trinajstić information content (AvgIpc) is 3.09. The number of para-hydroxylation sites is 1. The van der Waals surface area contributed by atoms with Gasteiger partial charge in [0.1, 0.15) is 5.75 Å². The fraction of sp³-hybridized carbons (Fsp3) is 0.125. The summed E-state index contributed by atoms with van der Waals surface area (Å²) in [6.45, 7) is 0. The number of Topliss-reactive ketones (excluding diaryl/α,β-unsaturated/α-hetero) is 1. The van der Waals surface area contributed by atoms with Crippen molar-refractivity contribution in [2.45, 2.75) is 5.16 Å². The van der Waals surface area contributed by atoms with Gasteiger partial charge in [0.05, 0.1) is 23.0 Å². The summed E-state index contributed by atoms with van der Waals surface area (Å²) >= 11 is 4.69. The fourth-order valence-corrected chi connectivity index (χ4v) is 3.38. The second kappa shape index (κ2) is 7.59. The molecule has 3 aromatic rings. The normalized spacial score (nSPS) is 10.6. The van der Waals surface area contributed by atoms with Crippen molar-refractivity contribution in [2.24, 2.45) is 0 Å². The van der Waals surface area contributed by atoms with Crippen LogP contribution in [0, 0.1) is 0 Å². The van der Waals surface area contributed by atoms with E-state index in [2.05, 4.69) is 31.5 Å². The van der Waals surface area contributed by atoms with E-state index in [1.165, 1.54) is 11.8 Å². The Balaban J connectivity index is 1.72. The van der Waals surface area contributed by atoms with E-state index in [0.29, 0.717) is 16.5 Å². The van der Waals surface area contributed by atoms with Crippen LogP contribution < -0.4 is 4.74 Å². The van der Waals surface area contributed by atoms with E-state index in [9.17, 15) is 4.79 Å². The minimum absolute atomic E-state index is 0.00837. The third-order valence-electron chi connectivity index (χ3n) is 3.25. The first kappa shape index (κ1) is 16.7. The molecule has 0 saturated carbocycles. The second-order valence-corrected chi connectivity index (χ2v) is 6.57. The van der Waals surface area contributed by atoms with Gasteiger partial charge in [-0.05, 0) is 56.7 Å². The molecule has 122 valence electrons. The van der Waals surface area contributed by atoms with Gasteiger partial charge in [-0.1, -0.05) is 30.0 Å². The van der Waals surface area contributed by atoms with Crippen molar-refractivity contribution in [3.05, 3.63) is 58.6 Å². The van der Waals surface area contributed by atoms with Gasteiger partial charge in [0.2, 0.25) is 5.16 Å². The van der Waals surface area contributed by atoms with Gasteiger partial charge in [-0.2, -0.15) is 4.68 Å². The maximum Gasteiger partial charge on any atom is 0.214 e. The summed E-state index contributed by atoms with van der Waals surface area (Å²) in [6, 6.07) is 14.8. The summed E-state index contributed by atoms with van der Waals surface area (Å²) in [6.07, 6.45) is 0. The number of rotatable bonds is 6. The number of hydrogen-bond acceptors (Lipinski definition) is 6. The molecule has 24 heavy (non-hydrogen) atoms. The molecule has 0 aliphatic rings. The Morgan fingerprint density at radius 2 is 2.04 bits per heavy atom. The van der Waals surface area contributed by atoms with Crippen LogP contribution in [0.15, 0.2) is 58.2 Å². The number of nitrogens with zero attached hydrogens (tertiary/aromatic N) is 4. The lowest BCUT2D eigenvalue weighted by molar-refractivity contribution is 0.102. The summed E-state index contributed by atoms with van der Waals surface area (Å²) in [5.41, 5.74) is 1.46. The molecule has 3 rings (SSSR count). The number of carbonyl (C=O) groups is 1. The molecule has 0 spiro atoms. The second-order valence-electron chi connectivity index (χ2n) is 4.77. The highest BCUT2D eigenvalue weighted by Crippen LogP contribution is 2.26. The zero-order chi connectivity index (χ0) is 16.9. The van der Waals surface area contributed by atoms with E-state index in [1.54, 1.807) is 30.0 Å². The topological polar surface area (TPSA) is 69.9 Å². The van der Waals surface area contributed by atoms with Gasteiger partial charge < -0.3 is 4.74 Å². The van der Waals surface area contributed by atoms with E-state index in [0.717, 1.165) is 10.2 Å². The number of halogens is 1. The van der Waals surface area contributed by atoms with Crippen molar-refractivity contribution in [3.8, 4) is 11.4 Å². The highest BCUT2D eigenvalue weighted by atomic mass is 79.9. The molecular formula is C16H13BrN4O2S. The van der Waals surface area contributed by atoms with E-state index < -0.39 is 0 Å². The average molecular weight is 405 g/mol. The number of benzene rings is 2. The van der Waals surface area contributed by atoms with Crippen LogP contribution in [0.2, 0.25) is 0 Å². The lowest BCUT2D eigenvalue weighted by atomic mass is 10.1. The molecule has 0 aliphatic heterocycles. The van der Waals surface area contributed by atoms with Gasteiger partial charge >= 0.3 is 0 Å². The van der Waals surface area contributed by atoms with Crippen LogP contribution in [0.5, 0.6) is 5.75 Å². The summed E-state index contributed by atoms with van der Waals surface area (Å²) in [4.78, 5) is 12.4. The number of methoxy groups -OCH3 is 1. The molecule has 0 radical (unpaired) electrons. The van der Waals surface area contributed by atoms with Gasteiger partial charge in [-0.15, -0.1) is 5.10 Å². The number of ketones is 1. The van der Waals surface area contributed by atoms with Gasteiger partial charge in [0.25, 0.3) is 0 Å². The molecule has 0 N–H and O–H groups in total. The Hall–Kier alpha value is -2.19. The number of aromatic nitrogens is 4. The summed E-state index contributed by atoms with van der Waals surface area (Å²) < 4.78 is 7.53. The van der Waals surface area contributed by atoms with E-state index in [-0.39, 0.29) is 11.5 Å². The first-order valence-corrected chi connectivity index (χ1v) is 8.80. The van der Waals surface area contributed by atoms with Gasteiger partial charge in [0.15, 0.2) is 5.78 Å². The SMILES string of the molecule is COc1ccc(C(=O)CSc2nnnn2-c2ccccc2)cc1Br. The molecule has 1 aromatic heterocycles. The molecule has 0 aliphatic carbocycles. The van der Waals surface area contributed by atoms with Crippen LogP contribution >= 0.6 is 27.7 Å². The molecule has 0 amide bonds. The molecule has 6 nitrogen and oxygen atoms in total. The van der Waals surface area contributed by atoms with Crippen LogP contribution in [0.1, 0.15) is 10.4 Å². The number of carbonyl (C=O) groups excluding carboxylic acids is 1. The van der Waals surface area contributed by atoms with Crippen LogP contribution in [0.25, 0.3) is 5.69 Å². The predicted molar refractivity (Wildman–Crippen MR) is 94.9 cm³/mol. The molecular weight excluding hydrogens is 392 g/mol. The first-order valence-electron chi connectivity index (χ1n) is 7.02. The number of tetrazole rings is 1. The lowest BCUT2D eigenvalue weighted by Gasteiger charge is -2.06. The summed E-state index contributed by atoms with van der Waals surface area (Å²) in [7, 11) is 1.58. The Morgan fingerprint density at radius 3 is 2.75 bits per heavy atom. The fourth-order valence-electron chi connectivity index (χ4n) is 2.05. The monoisotopic (exact) mass is 404 g/mol. The Kier molecular flexibility index (Phi) is 5.27. The van der Waals surface area contributed by atoms with E-state index in [4.69, 9.17) is 4.74 Å². The van der Waals surface area contributed by atoms with Crippen LogP contribution in [-0.2, 0) is 0 Å². The molecule has 0 unspecified atom stereocenters. The highest BCUT2D eigenvalue weighted by Gasteiger charge is 2.14. The standard InChI is InChI=1S/C16H13BrN4O2S/c1-23-15-8-7-11(9-13(15)17)14(22)10-24-16-18-19-20-21(16)12-5-3-2-4-6-12/h2-9H,10H2,1H3. The third kappa shape index (κ3) is 3.65. The number of ether oxygens (including phenoxy) is 1. The number of thioether (sulfide) groups is 1. The van der Waals surface area contributed by atoms with Gasteiger partial charge in [-0.25, -0.2) is 0 Å². The summed E-state index contributed by atoms with van der Waals surface area (Å²) in [5, 5.41) is 12.2. The molecule has 0 atom stereocenters. The Morgan fingerprint density at radius 1 is 1.25 bits per heavy atom. The van der Waals surface area contributed by atoms with Gasteiger partial charge in [0, 0.05) is 5.56 Å². The van der Waals surface area contributed by atoms with Crippen molar-refractivity contribution in [1.82, 2.24) is 20.2 Å². The molecule has 0 fully saturated rings. The van der Waals surface area contributed by atoms with Crippen molar-refractivity contribution in [2.75, 3.05) is 12.9 Å². The van der Waals surface area contributed by atoms with Crippen molar-refractivity contribution < 1.29 is 9.53 Å². The molecule has 0 saturated heterocycles. The Bertz CT molecular complexity index is 854. The maximum atomic E-state index is 12.4. The number of hydrogen-bond donors (Lipinski definition) is 0. The van der Waals surface area contributed by atoms with E-state index in [1.807, 2.05) is 30.3 Å². The lowest BCUT2D eigenvalue weighted by Crippen LogP contribution is -2.05. The zero-order valence-corrected chi connectivity index (χ0v) is 15.1. The quantitative estimate of drug-likeness (QED) is 0.463. The van der Waals surface area contributed by atoms with Crippen LogP contribution in [-0.4, -0.2) is 38.9 Å². The molecule has 8 heteroatoms. The molecule has 2 aromatic carbocycles. The largest absolute Gasteiger partial charge is 0.496 e. The van der Waals surface area contributed by atoms with Crippen molar-refractivity contribution >= 4 is 33.5 Å². The molecule has 1 heterocycles. The Labute approximate surface area is 151 Å². The third-order valence-corrected chi connectivity index (χ3v) is 4.79. The molecule has 0 bridgehead atoms. The van der Waals surface area contributed by atoms with Crippen LogP contribution in [0.3, 0.4) is 0 Å². The smallest absolute Gasteiger partial charge is 0.214 e.